The second kappa shape index (κ2) is 5.82. The summed E-state index contributed by atoms with van der Waals surface area (Å²) >= 11 is 0. The van der Waals surface area contributed by atoms with Crippen molar-refractivity contribution in [2.75, 3.05) is 19.7 Å². The average Bonchev–Trinajstić information content (AvgIpc) is 2.36. The highest BCUT2D eigenvalue weighted by atomic mass is 19.1. The predicted octanol–water partition coefficient (Wildman–Crippen LogP) is 1.15. The van der Waals surface area contributed by atoms with E-state index in [1.54, 1.807) is 17.0 Å². The number of hydrogen-bond acceptors (Lipinski definition) is 3. The van der Waals surface area contributed by atoms with Crippen LogP contribution >= 0.6 is 0 Å². The normalized spacial score (nSPS) is 19.7. The second-order valence-corrected chi connectivity index (χ2v) is 4.49. The van der Waals surface area contributed by atoms with Crippen LogP contribution in [-0.4, -0.2) is 36.5 Å². The van der Waals surface area contributed by atoms with Crippen molar-refractivity contribution in [2.24, 2.45) is 5.73 Å². The SMILES string of the molecule is N[C@H]1CCCN(C(=O)COc2cccc(F)c2)C1. The number of carbonyl (C=O) groups is 1. The molecule has 0 bridgehead atoms. The molecule has 0 saturated carbocycles. The van der Waals surface area contributed by atoms with Gasteiger partial charge in [0.05, 0.1) is 0 Å². The summed E-state index contributed by atoms with van der Waals surface area (Å²) in [4.78, 5) is 13.6. The highest BCUT2D eigenvalue weighted by Crippen LogP contribution is 2.13. The zero-order chi connectivity index (χ0) is 13.0. The molecule has 1 aromatic rings. The van der Waals surface area contributed by atoms with E-state index in [1.165, 1.54) is 12.1 Å². The van der Waals surface area contributed by atoms with Gasteiger partial charge in [-0.05, 0) is 25.0 Å². The number of carbonyl (C=O) groups excluding carboxylic acids is 1. The van der Waals surface area contributed by atoms with Crippen LogP contribution in [0.3, 0.4) is 0 Å². The van der Waals surface area contributed by atoms with Crippen molar-refractivity contribution in [3.05, 3.63) is 30.1 Å². The van der Waals surface area contributed by atoms with Gasteiger partial charge < -0.3 is 15.4 Å². The molecule has 2 rings (SSSR count). The van der Waals surface area contributed by atoms with Gasteiger partial charge >= 0.3 is 0 Å². The number of halogens is 1. The van der Waals surface area contributed by atoms with Gasteiger partial charge in [0.2, 0.25) is 0 Å². The van der Waals surface area contributed by atoms with Gasteiger partial charge in [-0.2, -0.15) is 0 Å². The van der Waals surface area contributed by atoms with E-state index in [0.29, 0.717) is 12.3 Å². The van der Waals surface area contributed by atoms with E-state index < -0.39 is 0 Å². The van der Waals surface area contributed by atoms with Crippen LogP contribution in [0.4, 0.5) is 4.39 Å². The van der Waals surface area contributed by atoms with Crippen molar-refractivity contribution in [1.82, 2.24) is 4.90 Å². The third-order valence-electron chi connectivity index (χ3n) is 2.97. The Morgan fingerprint density at radius 1 is 1.56 bits per heavy atom. The zero-order valence-electron chi connectivity index (χ0n) is 10.1. The molecule has 1 aliphatic rings. The highest BCUT2D eigenvalue weighted by molar-refractivity contribution is 5.77. The fourth-order valence-corrected chi connectivity index (χ4v) is 2.03. The lowest BCUT2D eigenvalue weighted by molar-refractivity contribution is -0.134. The van der Waals surface area contributed by atoms with Crippen molar-refractivity contribution in [3.63, 3.8) is 0 Å². The van der Waals surface area contributed by atoms with Crippen LogP contribution in [0.15, 0.2) is 24.3 Å². The molecule has 98 valence electrons. The molecule has 4 nitrogen and oxygen atoms in total. The van der Waals surface area contributed by atoms with Crippen molar-refractivity contribution in [1.29, 1.82) is 0 Å². The van der Waals surface area contributed by atoms with Gasteiger partial charge in [-0.25, -0.2) is 4.39 Å². The molecule has 5 heteroatoms. The van der Waals surface area contributed by atoms with E-state index in [-0.39, 0.29) is 24.4 Å². The number of likely N-dealkylation sites (tertiary alicyclic amines) is 1. The zero-order valence-corrected chi connectivity index (χ0v) is 10.1. The van der Waals surface area contributed by atoms with Crippen LogP contribution < -0.4 is 10.5 Å². The van der Waals surface area contributed by atoms with Crippen LogP contribution in [0.1, 0.15) is 12.8 Å². The lowest BCUT2D eigenvalue weighted by atomic mass is 10.1. The first kappa shape index (κ1) is 12.8. The smallest absolute Gasteiger partial charge is 0.260 e. The Hall–Kier alpha value is -1.62. The summed E-state index contributed by atoms with van der Waals surface area (Å²) in [5.41, 5.74) is 5.81. The van der Waals surface area contributed by atoms with Crippen LogP contribution in [0, 0.1) is 5.82 Å². The maximum Gasteiger partial charge on any atom is 0.260 e. The van der Waals surface area contributed by atoms with Crippen LogP contribution in [0.5, 0.6) is 5.75 Å². The van der Waals surface area contributed by atoms with E-state index >= 15 is 0 Å². The van der Waals surface area contributed by atoms with Gasteiger partial charge in [-0.1, -0.05) is 6.07 Å². The second-order valence-electron chi connectivity index (χ2n) is 4.49. The third-order valence-corrected chi connectivity index (χ3v) is 2.97. The molecular formula is C13H17FN2O2. The summed E-state index contributed by atoms with van der Waals surface area (Å²) < 4.78 is 18.2. The number of ether oxygens (including phenoxy) is 1. The summed E-state index contributed by atoms with van der Waals surface area (Å²) in [6, 6.07) is 5.81. The number of piperidine rings is 1. The lowest BCUT2D eigenvalue weighted by Crippen LogP contribution is -2.47. The predicted molar refractivity (Wildman–Crippen MR) is 65.7 cm³/mol. The first-order valence-electron chi connectivity index (χ1n) is 6.07. The summed E-state index contributed by atoms with van der Waals surface area (Å²) in [5.74, 6) is -0.112. The molecule has 2 N–H and O–H groups in total. The largest absolute Gasteiger partial charge is 0.484 e. The molecule has 1 atom stereocenters. The minimum Gasteiger partial charge on any atom is -0.484 e. The van der Waals surface area contributed by atoms with Crippen LogP contribution in [-0.2, 0) is 4.79 Å². The van der Waals surface area contributed by atoms with Crippen LogP contribution in [0.2, 0.25) is 0 Å². The molecule has 0 radical (unpaired) electrons. The molecular weight excluding hydrogens is 235 g/mol. The maximum absolute atomic E-state index is 12.9. The molecule has 0 spiro atoms. The molecule has 1 heterocycles. The average molecular weight is 252 g/mol. The van der Waals surface area contributed by atoms with Crippen LogP contribution in [0.25, 0.3) is 0 Å². The molecule has 1 aromatic carbocycles. The van der Waals surface area contributed by atoms with E-state index in [0.717, 1.165) is 19.4 Å². The molecule has 18 heavy (non-hydrogen) atoms. The first-order chi connectivity index (χ1) is 8.65. The molecule has 0 unspecified atom stereocenters. The minimum atomic E-state index is -0.375. The molecule has 1 amide bonds. The van der Waals surface area contributed by atoms with Gasteiger partial charge in [0, 0.05) is 25.2 Å². The van der Waals surface area contributed by atoms with Crippen molar-refractivity contribution in [3.8, 4) is 5.75 Å². The lowest BCUT2D eigenvalue weighted by Gasteiger charge is -2.30. The fraction of sp³-hybridized carbons (Fsp3) is 0.462. The van der Waals surface area contributed by atoms with E-state index in [1.807, 2.05) is 0 Å². The Bertz CT molecular complexity index is 425. The summed E-state index contributed by atoms with van der Waals surface area (Å²) in [6.45, 7) is 1.22. The van der Waals surface area contributed by atoms with E-state index in [9.17, 15) is 9.18 Å². The number of benzene rings is 1. The Morgan fingerprint density at radius 2 is 2.39 bits per heavy atom. The van der Waals surface area contributed by atoms with Crippen molar-refractivity contribution < 1.29 is 13.9 Å². The van der Waals surface area contributed by atoms with Gasteiger partial charge in [-0.3, -0.25) is 4.79 Å². The Balaban J connectivity index is 1.84. The highest BCUT2D eigenvalue weighted by Gasteiger charge is 2.21. The molecule has 1 aliphatic heterocycles. The minimum absolute atomic E-state index is 0.0527. The summed E-state index contributed by atoms with van der Waals surface area (Å²) in [7, 11) is 0. The molecule has 0 aliphatic carbocycles. The number of nitrogens with two attached hydrogens (primary N) is 1. The number of amides is 1. The molecule has 1 fully saturated rings. The topological polar surface area (TPSA) is 55.6 Å². The monoisotopic (exact) mass is 252 g/mol. The maximum atomic E-state index is 12.9. The van der Waals surface area contributed by atoms with E-state index in [2.05, 4.69) is 0 Å². The number of rotatable bonds is 3. The standard InChI is InChI=1S/C13H17FN2O2/c14-10-3-1-5-12(7-10)18-9-13(17)16-6-2-4-11(15)8-16/h1,3,5,7,11H,2,4,6,8-9,15H2/t11-/m0/s1. The first-order valence-corrected chi connectivity index (χ1v) is 6.07. The van der Waals surface area contributed by atoms with Gasteiger partial charge in [0.25, 0.3) is 5.91 Å². The van der Waals surface area contributed by atoms with Crippen molar-refractivity contribution in [2.45, 2.75) is 18.9 Å². The Morgan fingerprint density at radius 3 is 3.11 bits per heavy atom. The molecule has 1 saturated heterocycles. The van der Waals surface area contributed by atoms with Gasteiger partial charge in [0.1, 0.15) is 11.6 Å². The Labute approximate surface area is 106 Å². The third kappa shape index (κ3) is 3.43. The van der Waals surface area contributed by atoms with Crippen molar-refractivity contribution >= 4 is 5.91 Å². The Kier molecular flexibility index (Phi) is 4.15. The summed E-state index contributed by atoms with van der Waals surface area (Å²) in [6.07, 6.45) is 1.88. The number of nitrogens with zero attached hydrogens (tertiary/aromatic N) is 1. The fourth-order valence-electron chi connectivity index (χ4n) is 2.03. The van der Waals surface area contributed by atoms with Gasteiger partial charge in [-0.15, -0.1) is 0 Å². The number of hydrogen-bond donors (Lipinski definition) is 1. The van der Waals surface area contributed by atoms with Gasteiger partial charge in [0.15, 0.2) is 6.61 Å². The quantitative estimate of drug-likeness (QED) is 0.878. The summed E-state index contributed by atoms with van der Waals surface area (Å²) in [5, 5.41) is 0. The molecule has 0 aromatic heterocycles. The van der Waals surface area contributed by atoms with E-state index in [4.69, 9.17) is 10.5 Å².